The second kappa shape index (κ2) is 27.1. The molecule has 3 aliphatic rings. The van der Waals surface area contributed by atoms with Gasteiger partial charge in [-0.1, -0.05) is 148 Å². The normalized spacial score (nSPS) is 21.9. The summed E-state index contributed by atoms with van der Waals surface area (Å²) in [5.74, 6) is -1.59. The summed E-state index contributed by atoms with van der Waals surface area (Å²) >= 11 is 0. The van der Waals surface area contributed by atoms with Crippen LogP contribution < -0.4 is 0 Å². The van der Waals surface area contributed by atoms with Crippen molar-refractivity contribution in [3.63, 3.8) is 0 Å². The van der Waals surface area contributed by atoms with Crippen LogP contribution in [0.5, 0.6) is 0 Å². The van der Waals surface area contributed by atoms with Crippen molar-refractivity contribution in [2.45, 2.75) is 141 Å². The molecule has 0 saturated heterocycles. The monoisotopic (exact) mass is 748 g/mol. The van der Waals surface area contributed by atoms with Crippen molar-refractivity contribution >= 4 is 17.7 Å². The van der Waals surface area contributed by atoms with E-state index in [0.717, 1.165) is 68.9 Å². The van der Waals surface area contributed by atoms with Gasteiger partial charge in [-0.05, 0) is 99.5 Å². The van der Waals surface area contributed by atoms with Crippen LogP contribution in [-0.2, 0) is 36.7 Å². The molecule has 0 bridgehead atoms. The third kappa shape index (κ3) is 18.6. The SMILES string of the molecule is C.O=C(Cc1ccccc1)C(C(=O)OC1/C=C/CCCCC1)c1ccccc1.O=C(Cc1ccccc1)OC1/C=C/CCCCC1.OC1/C=C/CCCCC1. The standard InChI is InChI=1S/C24H26O3.C16H20O2.C8H14O.CH4/c25-22(18-19-12-6-4-7-13-19)23(20-14-8-5-9-15-20)24(26)27-21-16-10-2-1-3-11-17-21;17-16(13-14-9-5-4-6-10-14)18-15-11-7-2-1-3-8-12-15;9-8-6-4-2-1-3-5-7-8;/h4-10,12-16,21,23H,1-3,11,17-18H2;4-7,9-11,15H,1-3,8,12-13H2;4,6,8-9H,1-3,5,7H2;1H4/b16-10+;11-7+;6-4+;. The summed E-state index contributed by atoms with van der Waals surface area (Å²) in [6.07, 6.45) is 29.1. The smallest absolute Gasteiger partial charge is 0.321 e. The fourth-order valence-corrected chi connectivity index (χ4v) is 6.78. The number of ether oxygens (including phenoxy) is 2. The van der Waals surface area contributed by atoms with E-state index in [4.69, 9.17) is 14.6 Å². The van der Waals surface area contributed by atoms with E-state index in [1.807, 2.05) is 109 Å². The lowest BCUT2D eigenvalue weighted by Gasteiger charge is -2.21. The number of carbonyl (C=O) groups is 3. The Morgan fingerprint density at radius 1 is 0.545 bits per heavy atom. The van der Waals surface area contributed by atoms with Gasteiger partial charge in [0.05, 0.1) is 12.5 Å². The van der Waals surface area contributed by atoms with Crippen molar-refractivity contribution in [2.75, 3.05) is 0 Å². The molecule has 3 aliphatic carbocycles. The van der Waals surface area contributed by atoms with Crippen LogP contribution in [0.3, 0.4) is 0 Å². The Balaban J connectivity index is 0.000000249. The number of aliphatic hydroxyl groups is 1. The van der Waals surface area contributed by atoms with Crippen molar-refractivity contribution in [1.82, 2.24) is 0 Å². The maximum atomic E-state index is 13.0. The molecular weight excluding hydrogens is 685 g/mol. The van der Waals surface area contributed by atoms with Gasteiger partial charge in [-0.15, -0.1) is 0 Å². The van der Waals surface area contributed by atoms with Gasteiger partial charge in [0.2, 0.25) is 0 Å². The number of hydrogen-bond acceptors (Lipinski definition) is 6. The van der Waals surface area contributed by atoms with Crippen LogP contribution in [0.4, 0.5) is 0 Å². The summed E-state index contributed by atoms with van der Waals surface area (Å²) < 4.78 is 11.3. The van der Waals surface area contributed by atoms with Crippen molar-refractivity contribution in [3.8, 4) is 0 Å². The predicted molar refractivity (Wildman–Crippen MR) is 224 cm³/mol. The number of allylic oxidation sites excluding steroid dienone is 3. The lowest BCUT2D eigenvalue weighted by Crippen LogP contribution is -2.29. The van der Waals surface area contributed by atoms with Crippen molar-refractivity contribution in [1.29, 1.82) is 0 Å². The van der Waals surface area contributed by atoms with Crippen molar-refractivity contribution < 1.29 is 29.0 Å². The maximum absolute atomic E-state index is 13.0. The largest absolute Gasteiger partial charge is 0.458 e. The van der Waals surface area contributed by atoms with Gasteiger partial charge in [0.1, 0.15) is 18.1 Å². The van der Waals surface area contributed by atoms with E-state index < -0.39 is 11.9 Å². The zero-order chi connectivity index (χ0) is 38.1. The molecule has 296 valence electrons. The van der Waals surface area contributed by atoms with E-state index in [1.165, 1.54) is 38.5 Å². The number of hydrogen-bond donors (Lipinski definition) is 1. The highest BCUT2D eigenvalue weighted by Gasteiger charge is 2.31. The molecule has 55 heavy (non-hydrogen) atoms. The highest BCUT2D eigenvalue weighted by atomic mass is 16.5. The first-order chi connectivity index (χ1) is 26.5. The molecular formula is C49H64O6. The highest BCUT2D eigenvalue weighted by molar-refractivity contribution is 6.05. The third-order valence-corrected chi connectivity index (χ3v) is 9.80. The Hall–Kier alpha value is -4.55. The molecule has 3 aromatic rings. The Morgan fingerprint density at radius 3 is 1.55 bits per heavy atom. The van der Waals surface area contributed by atoms with E-state index in [9.17, 15) is 14.4 Å². The third-order valence-electron chi connectivity index (χ3n) is 9.80. The Bertz CT molecular complexity index is 1580. The lowest BCUT2D eigenvalue weighted by atomic mass is 9.91. The summed E-state index contributed by atoms with van der Waals surface area (Å²) in [7, 11) is 0. The predicted octanol–water partition coefficient (Wildman–Crippen LogP) is 11.2. The van der Waals surface area contributed by atoms with E-state index in [0.29, 0.717) is 12.0 Å². The molecule has 6 nitrogen and oxygen atoms in total. The molecule has 3 aromatic carbocycles. The minimum atomic E-state index is -0.884. The summed E-state index contributed by atoms with van der Waals surface area (Å²) in [5, 5.41) is 9.13. The van der Waals surface area contributed by atoms with Crippen molar-refractivity contribution in [2.24, 2.45) is 0 Å². The van der Waals surface area contributed by atoms with Crippen LogP contribution in [0.2, 0.25) is 0 Å². The first-order valence-corrected chi connectivity index (χ1v) is 20.2. The van der Waals surface area contributed by atoms with Crippen LogP contribution in [0.25, 0.3) is 0 Å². The number of esters is 2. The van der Waals surface area contributed by atoms with Crippen LogP contribution in [0, 0.1) is 0 Å². The van der Waals surface area contributed by atoms with E-state index >= 15 is 0 Å². The zero-order valence-electron chi connectivity index (χ0n) is 31.9. The van der Waals surface area contributed by atoms with Gasteiger partial charge in [0, 0.05) is 6.42 Å². The fourth-order valence-electron chi connectivity index (χ4n) is 6.78. The molecule has 4 unspecified atom stereocenters. The fraction of sp³-hybridized carbons (Fsp3) is 0.449. The molecule has 0 saturated carbocycles. The molecule has 0 aliphatic heterocycles. The molecule has 0 fully saturated rings. The number of ketones is 1. The first kappa shape index (κ1) is 44.8. The topological polar surface area (TPSA) is 89.9 Å². The van der Waals surface area contributed by atoms with Gasteiger partial charge in [-0.2, -0.15) is 0 Å². The number of aliphatic hydroxyl groups excluding tert-OH is 1. The molecule has 0 aromatic heterocycles. The Morgan fingerprint density at radius 2 is 1.00 bits per heavy atom. The number of rotatable bonds is 9. The van der Waals surface area contributed by atoms with Gasteiger partial charge in [-0.25, -0.2) is 0 Å². The second-order valence-electron chi connectivity index (χ2n) is 14.4. The second-order valence-corrected chi connectivity index (χ2v) is 14.4. The van der Waals surface area contributed by atoms with Gasteiger partial charge >= 0.3 is 11.9 Å². The van der Waals surface area contributed by atoms with E-state index in [1.54, 1.807) is 0 Å². The number of benzene rings is 3. The average Bonchev–Trinajstić information content (AvgIpc) is 3.14. The van der Waals surface area contributed by atoms with Gasteiger partial charge in [-0.3, -0.25) is 14.4 Å². The first-order valence-electron chi connectivity index (χ1n) is 20.2. The zero-order valence-corrected chi connectivity index (χ0v) is 31.9. The molecule has 0 heterocycles. The van der Waals surface area contributed by atoms with Crippen LogP contribution >= 0.6 is 0 Å². The lowest BCUT2D eigenvalue weighted by molar-refractivity contribution is -0.151. The Kier molecular flexibility index (Phi) is 22.1. The molecule has 0 radical (unpaired) electrons. The van der Waals surface area contributed by atoms with Crippen molar-refractivity contribution in [3.05, 3.63) is 144 Å². The van der Waals surface area contributed by atoms with Crippen LogP contribution in [-0.4, -0.2) is 41.1 Å². The number of Topliss-reactive ketones (excluding diaryl/α,β-unsaturated/α-hetero) is 1. The van der Waals surface area contributed by atoms with E-state index in [2.05, 4.69) is 18.2 Å². The van der Waals surface area contributed by atoms with Gasteiger partial charge < -0.3 is 14.6 Å². The molecule has 6 rings (SSSR count). The summed E-state index contributed by atoms with van der Waals surface area (Å²) in [4.78, 5) is 37.8. The maximum Gasteiger partial charge on any atom is 0.321 e. The molecule has 4 atom stereocenters. The quantitative estimate of drug-likeness (QED) is 0.133. The minimum Gasteiger partial charge on any atom is -0.458 e. The van der Waals surface area contributed by atoms with Crippen LogP contribution in [0.1, 0.15) is 126 Å². The summed E-state index contributed by atoms with van der Waals surface area (Å²) in [6, 6.07) is 28.5. The molecule has 1 N–H and O–H groups in total. The van der Waals surface area contributed by atoms with Gasteiger partial charge in [0.25, 0.3) is 0 Å². The average molecular weight is 749 g/mol. The van der Waals surface area contributed by atoms with Gasteiger partial charge in [0.15, 0.2) is 5.78 Å². The summed E-state index contributed by atoms with van der Waals surface area (Å²) in [5.41, 5.74) is 2.61. The molecule has 0 amide bonds. The summed E-state index contributed by atoms with van der Waals surface area (Å²) in [6.45, 7) is 0. The molecule has 6 heteroatoms. The minimum absolute atomic E-state index is 0. The van der Waals surface area contributed by atoms with Crippen LogP contribution in [0.15, 0.2) is 127 Å². The van der Waals surface area contributed by atoms with E-state index in [-0.39, 0.29) is 43.9 Å². The molecule has 0 spiro atoms. The Labute approximate surface area is 330 Å². The highest BCUT2D eigenvalue weighted by Crippen LogP contribution is 2.24. The number of carbonyl (C=O) groups excluding carboxylic acids is 3.